The third kappa shape index (κ3) is 65.5. The first-order valence-electron chi connectivity index (χ1n) is 7.94. The molecule has 0 saturated carbocycles. The zero-order valence-electron chi connectivity index (χ0n) is 14.2. The van der Waals surface area contributed by atoms with Crippen molar-refractivity contribution in [3.63, 3.8) is 0 Å². The van der Waals surface area contributed by atoms with Gasteiger partial charge in [0.25, 0.3) is 0 Å². The number of rotatable bonds is 10. The minimum absolute atomic E-state index is 0.104. The Bertz CT molecular complexity index is 190. The molecule has 0 aromatic rings. The van der Waals surface area contributed by atoms with Gasteiger partial charge in [-0.05, 0) is 13.8 Å². The molecule has 0 rings (SSSR count). The average molecular weight is 407 g/mol. The van der Waals surface area contributed by atoms with Crippen LogP contribution in [0.3, 0.4) is 0 Å². The molecule has 0 aliphatic heterocycles. The Morgan fingerprint density at radius 1 is 0.714 bits per heavy atom. The van der Waals surface area contributed by atoms with E-state index in [1.165, 1.54) is 38.5 Å². The summed E-state index contributed by atoms with van der Waals surface area (Å²) in [7, 11) is 0. The van der Waals surface area contributed by atoms with Crippen molar-refractivity contribution < 1.29 is 19.8 Å². The number of aliphatic carboxylic acids is 2. The molecule has 0 heterocycles. The Hall–Kier alpha value is -0.261. The Morgan fingerprint density at radius 3 is 1.24 bits per heavy atom. The predicted octanol–water partition coefficient (Wildman–Crippen LogP) is 2.20. The maximum atomic E-state index is 8.89. The first-order valence-corrected chi connectivity index (χ1v) is 12.0. The number of hydrogen-bond donors (Lipinski definition) is 0. The molecular formula is C16H32O4Sn. The van der Waals surface area contributed by atoms with Crippen molar-refractivity contribution in [2.24, 2.45) is 0 Å². The zero-order valence-corrected chi connectivity index (χ0v) is 17.1. The number of carboxylic acid groups (broad SMARTS) is 2. The molecule has 0 unspecified atom stereocenters. The number of carbonyl (C=O) groups is 2. The fourth-order valence-electron chi connectivity index (χ4n) is 1.48. The summed E-state index contributed by atoms with van der Waals surface area (Å²) >= 11 is 0.104. The van der Waals surface area contributed by atoms with E-state index in [1.807, 2.05) is 0 Å². The maximum absolute atomic E-state index is 8.89. The van der Waals surface area contributed by atoms with E-state index in [-0.39, 0.29) is 21.1 Å². The summed E-state index contributed by atoms with van der Waals surface area (Å²) in [5.41, 5.74) is 0. The Morgan fingerprint density at radius 2 is 1.00 bits per heavy atom. The molecule has 4 nitrogen and oxygen atoms in total. The Kier molecular flexibility index (Phi) is 30.2. The van der Waals surface area contributed by atoms with Crippen LogP contribution in [-0.4, -0.2) is 33.1 Å². The van der Waals surface area contributed by atoms with Gasteiger partial charge in [-0.2, -0.15) is 0 Å². The van der Waals surface area contributed by atoms with Gasteiger partial charge in [-0.3, -0.25) is 0 Å². The van der Waals surface area contributed by atoms with Crippen LogP contribution in [0.2, 0.25) is 8.87 Å². The van der Waals surface area contributed by atoms with Gasteiger partial charge in [0.15, 0.2) is 0 Å². The quantitative estimate of drug-likeness (QED) is 0.411. The van der Waals surface area contributed by atoms with Crippen LogP contribution < -0.4 is 10.2 Å². The number of carbonyl (C=O) groups excluding carboxylic acids is 2. The molecule has 21 heavy (non-hydrogen) atoms. The van der Waals surface area contributed by atoms with Crippen LogP contribution >= 0.6 is 0 Å². The molecule has 0 fully saturated rings. The average Bonchev–Trinajstić information content (AvgIpc) is 2.35. The molecule has 124 valence electrons. The summed E-state index contributed by atoms with van der Waals surface area (Å²) in [6.07, 6.45) is 11.8. The normalized spacial score (nSPS) is 8.57. The molecule has 0 saturated heterocycles. The number of carboxylic acids is 2. The molecular weight excluding hydrogens is 375 g/mol. The molecule has 5 heteroatoms. The van der Waals surface area contributed by atoms with Gasteiger partial charge >= 0.3 is 95.2 Å². The first-order chi connectivity index (χ1) is 9.88. The van der Waals surface area contributed by atoms with Gasteiger partial charge in [-0.1, -0.05) is 0 Å². The van der Waals surface area contributed by atoms with Gasteiger partial charge in [0, 0.05) is 11.9 Å². The Labute approximate surface area is 140 Å². The zero-order chi connectivity index (χ0) is 16.9. The monoisotopic (exact) mass is 408 g/mol. The molecule has 0 aromatic heterocycles. The molecule has 0 aliphatic rings. The fraction of sp³-hybridized carbons (Fsp3) is 0.875. The summed E-state index contributed by atoms with van der Waals surface area (Å²) in [4.78, 5) is 17.8. The van der Waals surface area contributed by atoms with Crippen molar-refractivity contribution in [2.45, 2.75) is 87.9 Å². The van der Waals surface area contributed by atoms with Crippen molar-refractivity contribution >= 4 is 33.1 Å². The van der Waals surface area contributed by atoms with Crippen molar-refractivity contribution in [1.29, 1.82) is 0 Å². The van der Waals surface area contributed by atoms with Crippen LogP contribution in [0.25, 0.3) is 0 Å². The number of hydrogen-bond acceptors (Lipinski definition) is 4. The third-order valence-electron chi connectivity index (χ3n) is 2.41. The second-order valence-electron chi connectivity index (χ2n) is 4.85. The van der Waals surface area contributed by atoms with E-state index in [9.17, 15) is 0 Å². The molecule has 0 radical (unpaired) electrons. The summed E-state index contributed by atoms with van der Waals surface area (Å²) < 4.78 is 3.30. The van der Waals surface area contributed by atoms with E-state index in [4.69, 9.17) is 19.8 Å². The standard InChI is InChI=1S/2C6H13.2C2H4O2.Sn/c2*1-3-5-6-4-2;2*1-2(3)4;/h2*1,3-6H2,2H3;2*1H3,(H,3,4);/q;;;;+2/p-2. The van der Waals surface area contributed by atoms with E-state index in [2.05, 4.69) is 13.8 Å². The van der Waals surface area contributed by atoms with Gasteiger partial charge in [-0.25, -0.2) is 0 Å². The molecule has 0 N–H and O–H groups in total. The third-order valence-corrected chi connectivity index (χ3v) is 6.45. The summed E-state index contributed by atoms with van der Waals surface area (Å²) in [5.74, 6) is -2.17. The molecule has 0 atom stereocenters. The van der Waals surface area contributed by atoms with E-state index < -0.39 is 11.9 Å². The summed E-state index contributed by atoms with van der Waals surface area (Å²) in [6.45, 7) is 6.54. The second-order valence-corrected chi connectivity index (χ2v) is 9.14. The van der Waals surface area contributed by atoms with Crippen molar-refractivity contribution in [1.82, 2.24) is 0 Å². The second kappa shape index (κ2) is 24.7. The van der Waals surface area contributed by atoms with Crippen molar-refractivity contribution in [3.8, 4) is 0 Å². The van der Waals surface area contributed by atoms with Crippen LogP contribution in [0.1, 0.15) is 79.1 Å². The molecule has 0 aliphatic carbocycles. The topological polar surface area (TPSA) is 80.3 Å². The van der Waals surface area contributed by atoms with Gasteiger partial charge in [0.05, 0.1) is 0 Å². The fourth-order valence-corrected chi connectivity index (χ4v) is 5.05. The predicted molar refractivity (Wildman–Crippen MR) is 85.0 cm³/mol. The summed E-state index contributed by atoms with van der Waals surface area (Å²) in [5, 5.41) is 17.8. The minimum atomic E-state index is -1.08. The van der Waals surface area contributed by atoms with Gasteiger partial charge < -0.3 is 19.8 Å². The number of unbranched alkanes of at least 4 members (excludes halogenated alkanes) is 6. The van der Waals surface area contributed by atoms with E-state index in [0.29, 0.717) is 0 Å². The van der Waals surface area contributed by atoms with Crippen molar-refractivity contribution in [2.75, 3.05) is 0 Å². The van der Waals surface area contributed by atoms with Gasteiger partial charge in [0.1, 0.15) is 0 Å². The van der Waals surface area contributed by atoms with Crippen LogP contribution in [0.5, 0.6) is 0 Å². The van der Waals surface area contributed by atoms with E-state index in [1.54, 1.807) is 21.7 Å². The van der Waals surface area contributed by atoms with Crippen molar-refractivity contribution in [3.05, 3.63) is 0 Å². The SMILES string of the molecule is CC(=O)[O-].CC(=O)[O-].CCCCC[CH2][Sn+2][CH2]CCCCC. The van der Waals surface area contributed by atoms with Crippen LogP contribution in [0, 0.1) is 0 Å². The van der Waals surface area contributed by atoms with E-state index in [0.717, 1.165) is 13.8 Å². The van der Waals surface area contributed by atoms with Gasteiger partial charge in [0.2, 0.25) is 0 Å². The molecule has 0 spiro atoms. The Balaban J connectivity index is -0.000000334. The summed E-state index contributed by atoms with van der Waals surface area (Å²) in [6, 6.07) is 0. The van der Waals surface area contributed by atoms with E-state index >= 15 is 0 Å². The molecule has 0 aromatic carbocycles. The van der Waals surface area contributed by atoms with Crippen LogP contribution in [0.4, 0.5) is 0 Å². The van der Waals surface area contributed by atoms with Crippen LogP contribution in [0.15, 0.2) is 0 Å². The van der Waals surface area contributed by atoms with Gasteiger partial charge in [-0.15, -0.1) is 0 Å². The first kappa shape index (κ1) is 25.7. The van der Waals surface area contributed by atoms with Crippen LogP contribution in [-0.2, 0) is 9.59 Å². The molecule has 0 bridgehead atoms. The molecule has 0 amide bonds.